The maximum atomic E-state index is 13.2. The minimum Gasteiger partial charge on any atom is -0.478 e. The average molecular weight is 266 g/mol. The van der Waals surface area contributed by atoms with E-state index in [1.54, 1.807) is 6.92 Å². The van der Waals surface area contributed by atoms with Crippen molar-refractivity contribution in [3.63, 3.8) is 0 Å². The lowest BCUT2D eigenvalue weighted by Gasteiger charge is -2.08. The van der Waals surface area contributed by atoms with Gasteiger partial charge in [-0.2, -0.15) is 0 Å². The van der Waals surface area contributed by atoms with Crippen molar-refractivity contribution in [3.05, 3.63) is 58.9 Å². The molecule has 0 fully saturated rings. The molecule has 0 unspecified atom stereocenters. The molecule has 5 heteroatoms. The number of halogens is 3. The van der Waals surface area contributed by atoms with Crippen molar-refractivity contribution in [1.82, 2.24) is 0 Å². The fourth-order valence-electron chi connectivity index (χ4n) is 1.83. The van der Waals surface area contributed by atoms with Crippen LogP contribution in [0.3, 0.4) is 0 Å². The normalized spacial score (nSPS) is 10.5. The molecular formula is C14H9F3O2. The van der Waals surface area contributed by atoms with Crippen LogP contribution < -0.4 is 0 Å². The third-order valence-corrected chi connectivity index (χ3v) is 2.77. The summed E-state index contributed by atoms with van der Waals surface area (Å²) in [6.45, 7) is 1.61. The second-order valence-corrected chi connectivity index (χ2v) is 4.09. The summed E-state index contributed by atoms with van der Waals surface area (Å²) >= 11 is 0. The van der Waals surface area contributed by atoms with Crippen LogP contribution in [0.2, 0.25) is 0 Å². The highest BCUT2D eigenvalue weighted by Gasteiger charge is 2.13. The van der Waals surface area contributed by atoms with E-state index in [1.165, 1.54) is 18.2 Å². The van der Waals surface area contributed by atoms with E-state index in [2.05, 4.69) is 0 Å². The molecule has 0 radical (unpaired) electrons. The lowest BCUT2D eigenvalue weighted by molar-refractivity contribution is 0.0697. The second-order valence-electron chi connectivity index (χ2n) is 4.09. The summed E-state index contributed by atoms with van der Waals surface area (Å²) in [5.41, 5.74) is 1.21. The molecule has 98 valence electrons. The quantitative estimate of drug-likeness (QED) is 0.840. The first-order valence-corrected chi connectivity index (χ1v) is 5.39. The Labute approximate surface area is 107 Å². The fourth-order valence-corrected chi connectivity index (χ4v) is 1.83. The predicted molar refractivity (Wildman–Crippen MR) is 63.4 cm³/mol. The number of carbonyl (C=O) groups is 1. The Balaban J connectivity index is 2.56. The molecule has 0 saturated carbocycles. The highest BCUT2D eigenvalue weighted by molar-refractivity contribution is 5.89. The van der Waals surface area contributed by atoms with Crippen LogP contribution in [0.4, 0.5) is 13.2 Å². The maximum Gasteiger partial charge on any atom is 0.335 e. The SMILES string of the molecule is Cc1cc(C(=O)O)ccc1-c1cc(F)c(F)c(F)c1. The number of aromatic carboxylic acids is 1. The third-order valence-electron chi connectivity index (χ3n) is 2.77. The molecule has 2 aromatic carbocycles. The van der Waals surface area contributed by atoms with Gasteiger partial charge >= 0.3 is 5.97 Å². The molecule has 0 aromatic heterocycles. The Bertz CT molecular complexity index is 643. The summed E-state index contributed by atoms with van der Waals surface area (Å²) in [6.07, 6.45) is 0. The summed E-state index contributed by atoms with van der Waals surface area (Å²) in [6, 6.07) is 5.90. The standard InChI is InChI=1S/C14H9F3O2/c1-7-4-8(14(18)19)2-3-10(7)9-5-11(15)13(17)12(16)6-9/h2-6H,1H3,(H,18,19). The summed E-state index contributed by atoms with van der Waals surface area (Å²) in [4.78, 5) is 10.8. The van der Waals surface area contributed by atoms with Crippen LogP contribution >= 0.6 is 0 Å². The molecular weight excluding hydrogens is 257 g/mol. The van der Waals surface area contributed by atoms with Crippen LogP contribution in [-0.2, 0) is 0 Å². The van der Waals surface area contributed by atoms with Gasteiger partial charge in [-0.15, -0.1) is 0 Å². The largest absolute Gasteiger partial charge is 0.478 e. The molecule has 1 N–H and O–H groups in total. The van der Waals surface area contributed by atoms with Crippen LogP contribution in [-0.4, -0.2) is 11.1 Å². The summed E-state index contributed by atoms with van der Waals surface area (Å²) < 4.78 is 39.2. The van der Waals surface area contributed by atoms with Gasteiger partial charge in [0, 0.05) is 0 Å². The van der Waals surface area contributed by atoms with Gasteiger partial charge in [-0.25, -0.2) is 18.0 Å². The number of carboxylic acid groups (broad SMARTS) is 1. The smallest absolute Gasteiger partial charge is 0.335 e. The van der Waals surface area contributed by atoms with Crippen LogP contribution in [0, 0.1) is 24.4 Å². The summed E-state index contributed by atoms with van der Waals surface area (Å²) in [5.74, 6) is -5.18. The summed E-state index contributed by atoms with van der Waals surface area (Å²) in [5, 5.41) is 8.83. The van der Waals surface area contributed by atoms with Crippen molar-refractivity contribution >= 4 is 5.97 Å². The van der Waals surface area contributed by atoms with Crippen LogP contribution in [0.25, 0.3) is 11.1 Å². The molecule has 2 nitrogen and oxygen atoms in total. The monoisotopic (exact) mass is 266 g/mol. The lowest BCUT2D eigenvalue weighted by atomic mass is 9.98. The molecule has 2 aromatic rings. The van der Waals surface area contributed by atoms with Crippen molar-refractivity contribution in [1.29, 1.82) is 0 Å². The minimum atomic E-state index is -1.52. The zero-order valence-corrected chi connectivity index (χ0v) is 9.88. The first-order chi connectivity index (χ1) is 8.90. The first kappa shape index (κ1) is 13.1. The van der Waals surface area contributed by atoms with Gasteiger partial charge in [0.05, 0.1) is 5.56 Å². The van der Waals surface area contributed by atoms with Crippen LogP contribution in [0.15, 0.2) is 30.3 Å². The van der Waals surface area contributed by atoms with Gasteiger partial charge in [-0.1, -0.05) is 6.07 Å². The molecule has 0 aliphatic carbocycles. The number of rotatable bonds is 2. The molecule has 0 spiro atoms. The predicted octanol–water partition coefficient (Wildman–Crippen LogP) is 3.78. The van der Waals surface area contributed by atoms with E-state index in [0.29, 0.717) is 11.1 Å². The average Bonchev–Trinajstić information content (AvgIpc) is 2.35. The Morgan fingerprint density at radius 1 is 1.05 bits per heavy atom. The molecule has 19 heavy (non-hydrogen) atoms. The van der Waals surface area contributed by atoms with Crippen LogP contribution in [0.1, 0.15) is 15.9 Å². The Hall–Kier alpha value is -2.30. The third kappa shape index (κ3) is 2.45. The van der Waals surface area contributed by atoms with Gasteiger partial charge in [-0.3, -0.25) is 0 Å². The van der Waals surface area contributed by atoms with E-state index in [-0.39, 0.29) is 11.1 Å². The molecule has 0 saturated heterocycles. The van der Waals surface area contributed by atoms with Gasteiger partial charge in [-0.05, 0) is 47.9 Å². The van der Waals surface area contributed by atoms with E-state index in [4.69, 9.17) is 5.11 Å². The fraction of sp³-hybridized carbons (Fsp3) is 0.0714. The van der Waals surface area contributed by atoms with Gasteiger partial charge in [0.2, 0.25) is 0 Å². The number of carboxylic acids is 1. The molecule has 0 bridgehead atoms. The first-order valence-electron chi connectivity index (χ1n) is 5.39. The molecule has 2 rings (SSSR count). The Morgan fingerprint density at radius 2 is 1.63 bits per heavy atom. The molecule has 0 aliphatic rings. The van der Waals surface area contributed by atoms with Crippen molar-refractivity contribution in [2.45, 2.75) is 6.92 Å². The maximum absolute atomic E-state index is 13.2. The number of aryl methyl sites for hydroxylation is 1. The second kappa shape index (κ2) is 4.76. The van der Waals surface area contributed by atoms with Gasteiger partial charge < -0.3 is 5.11 Å². The molecule has 0 atom stereocenters. The lowest BCUT2D eigenvalue weighted by Crippen LogP contribution is -1.98. The molecule has 0 aliphatic heterocycles. The van der Waals surface area contributed by atoms with Crippen LogP contribution in [0.5, 0.6) is 0 Å². The van der Waals surface area contributed by atoms with Gasteiger partial charge in [0.15, 0.2) is 17.5 Å². The van der Waals surface area contributed by atoms with Crippen molar-refractivity contribution in [2.75, 3.05) is 0 Å². The van der Waals surface area contributed by atoms with Crippen molar-refractivity contribution in [3.8, 4) is 11.1 Å². The van der Waals surface area contributed by atoms with Crippen molar-refractivity contribution in [2.24, 2.45) is 0 Å². The Morgan fingerprint density at radius 3 is 2.11 bits per heavy atom. The molecule has 0 amide bonds. The van der Waals surface area contributed by atoms with Gasteiger partial charge in [0.25, 0.3) is 0 Å². The van der Waals surface area contributed by atoms with E-state index in [0.717, 1.165) is 12.1 Å². The minimum absolute atomic E-state index is 0.0734. The highest BCUT2D eigenvalue weighted by Crippen LogP contribution is 2.27. The molecule has 0 heterocycles. The Kier molecular flexibility index (Phi) is 3.29. The number of hydrogen-bond donors (Lipinski definition) is 1. The van der Waals surface area contributed by atoms with E-state index in [1.807, 2.05) is 0 Å². The topological polar surface area (TPSA) is 37.3 Å². The van der Waals surface area contributed by atoms with Crippen molar-refractivity contribution < 1.29 is 23.1 Å². The zero-order valence-electron chi connectivity index (χ0n) is 9.88. The van der Waals surface area contributed by atoms with E-state index >= 15 is 0 Å². The van der Waals surface area contributed by atoms with E-state index < -0.39 is 23.4 Å². The zero-order chi connectivity index (χ0) is 14.2. The summed E-state index contributed by atoms with van der Waals surface area (Å²) in [7, 11) is 0. The van der Waals surface area contributed by atoms with E-state index in [9.17, 15) is 18.0 Å². The number of hydrogen-bond acceptors (Lipinski definition) is 1. The van der Waals surface area contributed by atoms with Gasteiger partial charge in [0.1, 0.15) is 0 Å². The highest BCUT2D eigenvalue weighted by atomic mass is 19.2. The number of benzene rings is 2.